The molecule has 0 aromatic heterocycles. The summed E-state index contributed by atoms with van der Waals surface area (Å²) in [5, 5.41) is 10.4. The third-order valence-corrected chi connectivity index (χ3v) is 6.15. The van der Waals surface area contributed by atoms with Gasteiger partial charge in [0.25, 0.3) is 0 Å². The van der Waals surface area contributed by atoms with Gasteiger partial charge in [-0.2, -0.15) is 0 Å². The lowest BCUT2D eigenvalue weighted by Gasteiger charge is -2.32. The van der Waals surface area contributed by atoms with Crippen molar-refractivity contribution in [2.75, 3.05) is 20.2 Å². The predicted octanol–water partition coefficient (Wildman–Crippen LogP) is 2.66. The number of nitrogens with zero attached hydrogens (tertiary/aromatic N) is 1. The van der Waals surface area contributed by atoms with Crippen molar-refractivity contribution in [2.24, 2.45) is 11.7 Å². The first-order chi connectivity index (χ1) is 10.2. The molecule has 0 aromatic carbocycles. The number of hydrogen-bond acceptors (Lipinski definition) is 4. The smallest absolute Gasteiger partial charge is 0.409 e. The Morgan fingerprint density at radius 1 is 1.32 bits per heavy atom. The molecule has 0 saturated heterocycles. The van der Waals surface area contributed by atoms with Gasteiger partial charge in [0.2, 0.25) is 0 Å². The molecular formula is C16H34N2O3Si. The molecule has 0 radical (unpaired) electrons. The zero-order valence-corrected chi connectivity index (χ0v) is 15.7. The number of likely N-dealkylation sites (N-methyl/N-ethyl adjacent to an activating group) is 1. The summed E-state index contributed by atoms with van der Waals surface area (Å²) in [6, 6.07) is 0.557. The largest absolute Gasteiger partial charge is 0.450 e. The Bertz CT molecular complexity index is 341. The minimum atomic E-state index is -1.19. The van der Waals surface area contributed by atoms with Gasteiger partial charge in [-0.05, 0) is 24.8 Å². The average molecular weight is 331 g/mol. The number of nitrogens with two attached hydrogens (primary N) is 1. The summed E-state index contributed by atoms with van der Waals surface area (Å²) < 4.78 is 5.29. The van der Waals surface area contributed by atoms with Crippen LogP contribution in [0.5, 0.6) is 0 Å². The van der Waals surface area contributed by atoms with Crippen LogP contribution in [0.4, 0.5) is 4.79 Å². The van der Waals surface area contributed by atoms with E-state index in [4.69, 9.17) is 10.5 Å². The molecule has 0 bridgehead atoms. The van der Waals surface area contributed by atoms with Gasteiger partial charge in [0.15, 0.2) is 0 Å². The lowest BCUT2D eigenvalue weighted by Crippen LogP contribution is -2.48. The van der Waals surface area contributed by atoms with E-state index in [1.807, 2.05) is 0 Å². The van der Waals surface area contributed by atoms with Crippen molar-refractivity contribution in [3.05, 3.63) is 0 Å². The van der Waals surface area contributed by atoms with Crippen LogP contribution in [-0.2, 0) is 4.74 Å². The Kier molecular flexibility index (Phi) is 7.86. The Morgan fingerprint density at radius 3 is 2.45 bits per heavy atom. The summed E-state index contributed by atoms with van der Waals surface area (Å²) in [5.41, 5.74) is 6.09. The molecule has 0 heterocycles. The normalized spacial score (nSPS) is 19.5. The molecule has 0 unspecified atom stereocenters. The number of carbonyl (C=O) groups is 1. The van der Waals surface area contributed by atoms with Gasteiger partial charge in [0.05, 0.1) is 12.7 Å². The van der Waals surface area contributed by atoms with Gasteiger partial charge in [0, 0.05) is 27.7 Å². The molecule has 3 N–H and O–H groups in total. The summed E-state index contributed by atoms with van der Waals surface area (Å²) in [6.07, 6.45) is 4.80. The van der Waals surface area contributed by atoms with Crippen molar-refractivity contribution in [3.63, 3.8) is 0 Å². The van der Waals surface area contributed by atoms with Crippen molar-refractivity contribution in [2.45, 2.75) is 69.9 Å². The predicted molar refractivity (Wildman–Crippen MR) is 92.7 cm³/mol. The van der Waals surface area contributed by atoms with Crippen LogP contribution in [0, 0.1) is 5.92 Å². The van der Waals surface area contributed by atoms with Gasteiger partial charge in [-0.15, -0.1) is 0 Å². The second-order valence-corrected chi connectivity index (χ2v) is 13.5. The minimum absolute atomic E-state index is 0.278. The zero-order valence-electron chi connectivity index (χ0n) is 14.7. The summed E-state index contributed by atoms with van der Waals surface area (Å²) in [4.78, 5) is 13.4. The van der Waals surface area contributed by atoms with Crippen LogP contribution in [0.15, 0.2) is 0 Å². The highest BCUT2D eigenvalue weighted by molar-refractivity contribution is 6.76. The molecule has 1 aliphatic carbocycles. The molecule has 1 fully saturated rings. The molecule has 5 nitrogen and oxygen atoms in total. The highest BCUT2D eigenvalue weighted by Gasteiger charge is 2.28. The number of aliphatic hydroxyl groups is 1. The highest BCUT2D eigenvalue weighted by atomic mass is 28.3. The number of hydrogen-bond donors (Lipinski definition) is 2. The van der Waals surface area contributed by atoms with E-state index in [0.717, 1.165) is 18.9 Å². The fourth-order valence-corrected chi connectivity index (χ4v) is 3.59. The first-order valence-electron chi connectivity index (χ1n) is 8.52. The first-order valence-corrected chi connectivity index (χ1v) is 12.2. The molecule has 1 saturated carbocycles. The number of rotatable bonds is 7. The molecule has 1 rings (SSSR count). The first kappa shape index (κ1) is 19.5. The fourth-order valence-electron chi connectivity index (χ4n) is 2.88. The van der Waals surface area contributed by atoms with Crippen LogP contribution >= 0.6 is 0 Å². The topological polar surface area (TPSA) is 75.8 Å². The minimum Gasteiger partial charge on any atom is -0.450 e. The van der Waals surface area contributed by atoms with Gasteiger partial charge in [-0.3, -0.25) is 0 Å². The van der Waals surface area contributed by atoms with Gasteiger partial charge in [-0.25, -0.2) is 4.79 Å². The van der Waals surface area contributed by atoms with Crippen LogP contribution in [0.1, 0.15) is 32.1 Å². The van der Waals surface area contributed by atoms with Crippen LogP contribution in [0.2, 0.25) is 25.7 Å². The molecular weight excluding hydrogens is 296 g/mol. The third kappa shape index (κ3) is 7.11. The molecule has 0 aromatic rings. The van der Waals surface area contributed by atoms with Crippen LogP contribution < -0.4 is 5.73 Å². The number of aliphatic hydroxyl groups excluding tert-OH is 1. The summed E-state index contributed by atoms with van der Waals surface area (Å²) in [5.74, 6) is 0.278. The summed E-state index contributed by atoms with van der Waals surface area (Å²) >= 11 is 0. The maximum atomic E-state index is 11.9. The van der Waals surface area contributed by atoms with Crippen molar-refractivity contribution in [1.29, 1.82) is 0 Å². The second-order valence-electron chi connectivity index (χ2n) is 7.86. The quantitative estimate of drug-likeness (QED) is 0.704. The summed E-state index contributed by atoms with van der Waals surface area (Å²) in [7, 11) is 0.493. The van der Waals surface area contributed by atoms with Gasteiger partial charge in [0.1, 0.15) is 0 Å². The van der Waals surface area contributed by atoms with Gasteiger partial charge in [-0.1, -0.05) is 38.9 Å². The van der Waals surface area contributed by atoms with E-state index >= 15 is 0 Å². The molecule has 6 heteroatoms. The molecule has 1 amide bonds. The number of ether oxygens (including phenoxy) is 1. The van der Waals surface area contributed by atoms with E-state index in [2.05, 4.69) is 19.6 Å². The van der Waals surface area contributed by atoms with Crippen molar-refractivity contribution >= 4 is 14.2 Å². The van der Waals surface area contributed by atoms with E-state index in [0.29, 0.717) is 13.2 Å². The molecule has 22 heavy (non-hydrogen) atoms. The van der Waals surface area contributed by atoms with Crippen LogP contribution in [-0.4, -0.2) is 56.5 Å². The Morgan fingerprint density at radius 2 is 1.91 bits per heavy atom. The third-order valence-electron chi connectivity index (χ3n) is 4.45. The Hall–Kier alpha value is -0.593. The number of amides is 1. The van der Waals surface area contributed by atoms with Crippen molar-refractivity contribution in [1.82, 2.24) is 4.90 Å². The average Bonchev–Trinajstić information content (AvgIpc) is 2.45. The SMILES string of the molecule is CN(C[C@@H](N)[C@H](O)C1CCCCC1)C(=O)OCC[Si](C)(C)C. The molecule has 1 aliphatic rings. The molecule has 2 atom stereocenters. The van der Waals surface area contributed by atoms with E-state index in [1.165, 1.54) is 24.2 Å². The Balaban J connectivity index is 2.32. The van der Waals surface area contributed by atoms with Crippen LogP contribution in [0.25, 0.3) is 0 Å². The van der Waals surface area contributed by atoms with Crippen molar-refractivity contribution < 1.29 is 14.6 Å². The standard InChI is InChI=1S/C16H34N2O3Si/c1-18(16(20)21-10-11-22(2,3)4)12-14(17)15(19)13-8-6-5-7-9-13/h13-15,19H,5-12,17H2,1-4H3/t14-,15-/m1/s1. The molecule has 0 spiro atoms. The monoisotopic (exact) mass is 330 g/mol. The summed E-state index contributed by atoms with van der Waals surface area (Å²) in [6.45, 7) is 7.56. The van der Waals surface area contributed by atoms with E-state index in [9.17, 15) is 9.90 Å². The maximum absolute atomic E-state index is 11.9. The van der Waals surface area contributed by atoms with E-state index in [1.54, 1.807) is 7.05 Å². The van der Waals surface area contributed by atoms with E-state index < -0.39 is 20.2 Å². The van der Waals surface area contributed by atoms with Crippen molar-refractivity contribution in [3.8, 4) is 0 Å². The van der Waals surface area contributed by atoms with E-state index in [-0.39, 0.29) is 12.0 Å². The molecule has 130 valence electrons. The van der Waals surface area contributed by atoms with Gasteiger partial charge >= 0.3 is 6.09 Å². The second kappa shape index (κ2) is 8.89. The highest BCUT2D eigenvalue weighted by Crippen LogP contribution is 2.27. The Labute approximate surface area is 136 Å². The lowest BCUT2D eigenvalue weighted by atomic mass is 9.83. The number of carbonyl (C=O) groups excluding carboxylic acids is 1. The van der Waals surface area contributed by atoms with Gasteiger partial charge < -0.3 is 20.5 Å². The maximum Gasteiger partial charge on any atom is 0.409 e. The fraction of sp³-hybridized carbons (Fsp3) is 0.938. The molecule has 0 aliphatic heterocycles. The van der Waals surface area contributed by atoms with Crippen LogP contribution in [0.3, 0.4) is 0 Å². The zero-order chi connectivity index (χ0) is 16.8. The lowest BCUT2D eigenvalue weighted by molar-refractivity contribution is 0.0486.